The van der Waals surface area contributed by atoms with Gasteiger partial charge in [-0.2, -0.15) is 0 Å². The zero-order chi connectivity index (χ0) is 23.5. The minimum atomic E-state index is 0. The first-order valence-electron chi connectivity index (χ1n) is 14.3. The van der Waals surface area contributed by atoms with Crippen molar-refractivity contribution in [2.45, 2.75) is 117 Å². The molecular formula is C32H52ClN. The van der Waals surface area contributed by atoms with E-state index >= 15 is 0 Å². The highest BCUT2D eigenvalue weighted by Crippen LogP contribution is 2.36. The Labute approximate surface area is 218 Å². The van der Waals surface area contributed by atoms with Crippen LogP contribution >= 0.6 is 0 Å². The lowest BCUT2D eigenvalue weighted by Crippen LogP contribution is -3.00. The first-order valence-corrected chi connectivity index (χ1v) is 14.3. The molecule has 0 unspecified atom stereocenters. The molecule has 0 atom stereocenters. The molecule has 2 aromatic rings. The second kappa shape index (κ2) is 19.9. The molecule has 192 valence electrons. The van der Waals surface area contributed by atoms with Crippen LogP contribution in [0.15, 0.2) is 60.7 Å². The van der Waals surface area contributed by atoms with Gasteiger partial charge in [-0.1, -0.05) is 127 Å². The molecule has 1 nitrogen and oxygen atoms in total. The van der Waals surface area contributed by atoms with Crippen LogP contribution in [0, 0.1) is 0 Å². The average Bonchev–Trinajstić information content (AvgIpc) is 2.87. The monoisotopic (exact) mass is 485 g/mol. The number of unbranched alkanes of at least 4 members (excludes halogenated alkanes) is 14. The van der Waals surface area contributed by atoms with Crippen LogP contribution in [0.3, 0.4) is 0 Å². The van der Waals surface area contributed by atoms with Crippen LogP contribution in [0.25, 0.3) is 0 Å². The highest BCUT2D eigenvalue weighted by molar-refractivity contribution is 5.58. The fraction of sp³-hybridized carbons (Fsp3) is 0.625. The van der Waals surface area contributed by atoms with Crippen LogP contribution in [-0.2, 0) is 0 Å². The standard InChI is InChI=1S/C32H52N.ClH/c1-3-5-7-9-11-13-15-23-29-33(31-25-19-17-20-26-31,32-27-21-18-22-28-32)30-24-16-14-12-10-8-6-4-2;/h17-22,25-28H,3-16,23-24,29-30H2,1-2H3;1H/q+1;/p-1. The largest absolute Gasteiger partial charge is 1.00 e. The van der Waals surface area contributed by atoms with E-state index < -0.39 is 0 Å². The van der Waals surface area contributed by atoms with Crippen LogP contribution in [0.4, 0.5) is 11.4 Å². The Balaban J connectivity index is 0.00000578. The summed E-state index contributed by atoms with van der Waals surface area (Å²) in [7, 11) is 0. The van der Waals surface area contributed by atoms with E-state index in [4.69, 9.17) is 0 Å². The van der Waals surface area contributed by atoms with Crippen molar-refractivity contribution in [3.8, 4) is 0 Å². The third-order valence-electron chi connectivity index (χ3n) is 7.29. The van der Waals surface area contributed by atoms with Gasteiger partial charge in [-0.15, -0.1) is 0 Å². The van der Waals surface area contributed by atoms with Crippen molar-refractivity contribution in [2.24, 2.45) is 0 Å². The molecule has 0 aliphatic heterocycles. The maximum atomic E-state index is 2.36. The zero-order valence-corrected chi connectivity index (χ0v) is 23.1. The van der Waals surface area contributed by atoms with Crippen LogP contribution in [-0.4, -0.2) is 13.1 Å². The number of para-hydroxylation sites is 2. The lowest BCUT2D eigenvalue weighted by molar-refractivity contribution is -0.00000702. The zero-order valence-electron chi connectivity index (χ0n) is 22.3. The van der Waals surface area contributed by atoms with Gasteiger partial charge < -0.3 is 12.4 Å². The summed E-state index contributed by atoms with van der Waals surface area (Å²) in [5.41, 5.74) is 2.93. The van der Waals surface area contributed by atoms with Gasteiger partial charge in [0.1, 0.15) is 11.4 Å². The lowest BCUT2D eigenvalue weighted by Gasteiger charge is -2.38. The predicted molar refractivity (Wildman–Crippen MR) is 149 cm³/mol. The molecule has 2 rings (SSSR count). The Bertz CT molecular complexity index is 623. The fourth-order valence-corrected chi connectivity index (χ4v) is 5.24. The van der Waals surface area contributed by atoms with Crippen LogP contribution in [0.1, 0.15) is 117 Å². The molecule has 0 aliphatic rings. The summed E-state index contributed by atoms with van der Waals surface area (Å²) in [6.07, 6.45) is 22.1. The maximum absolute atomic E-state index is 2.36. The minimum Gasteiger partial charge on any atom is -1.00 e. The SMILES string of the molecule is CCCCCCCCCC[N+](CCCCCCCCCC)(c1ccccc1)c1ccccc1.[Cl-]. The van der Waals surface area contributed by atoms with E-state index in [9.17, 15) is 0 Å². The molecule has 0 saturated heterocycles. The van der Waals surface area contributed by atoms with Gasteiger partial charge in [0, 0.05) is 0 Å². The molecular weight excluding hydrogens is 434 g/mol. The van der Waals surface area contributed by atoms with Gasteiger partial charge in [0.25, 0.3) is 0 Å². The molecule has 2 heteroatoms. The number of nitrogens with zero attached hydrogens (tertiary/aromatic N) is 1. The van der Waals surface area contributed by atoms with Gasteiger partial charge in [-0.3, -0.25) is 4.48 Å². The van der Waals surface area contributed by atoms with Crippen LogP contribution < -0.4 is 16.9 Å². The number of hydrogen-bond acceptors (Lipinski definition) is 0. The molecule has 0 bridgehead atoms. The van der Waals surface area contributed by atoms with Crippen molar-refractivity contribution in [3.05, 3.63) is 60.7 Å². The van der Waals surface area contributed by atoms with E-state index in [2.05, 4.69) is 74.5 Å². The number of rotatable bonds is 20. The van der Waals surface area contributed by atoms with Crippen molar-refractivity contribution in [1.29, 1.82) is 0 Å². The smallest absolute Gasteiger partial charge is 0.137 e. The summed E-state index contributed by atoms with van der Waals surface area (Å²) in [6, 6.07) is 22.7. The Hall–Kier alpha value is -1.31. The van der Waals surface area contributed by atoms with E-state index in [-0.39, 0.29) is 12.4 Å². The molecule has 0 N–H and O–H groups in total. The van der Waals surface area contributed by atoms with Gasteiger partial charge in [0.2, 0.25) is 0 Å². The molecule has 0 spiro atoms. The molecule has 34 heavy (non-hydrogen) atoms. The van der Waals surface area contributed by atoms with Crippen molar-refractivity contribution in [1.82, 2.24) is 4.48 Å². The Morgan fingerprint density at radius 3 is 1.03 bits per heavy atom. The Morgan fingerprint density at radius 1 is 0.412 bits per heavy atom. The number of quaternary nitrogens is 1. The Morgan fingerprint density at radius 2 is 0.706 bits per heavy atom. The quantitative estimate of drug-likeness (QED) is 0.134. The number of benzene rings is 2. The van der Waals surface area contributed by atoms with E-state index in [0.29, 0.717) is 0 Å². The van der Waals surface area contributed by atoms with Gasteiger partial charge in [-0.25, -0.2) is 0 Å². The van der Waals surface area contributed by atoms with Gasteiger partial charge in [-0.05, 0) is 49.9 Å². The molecule has 0 fully saturated rings. The molecule has 0 aliphatic carbocycles. The topological polar surface area (TPSA) is 0 Å². The fourth-order valence-electron chi connectivity index (χ4n) is 5.24. The molecule has 0 radical (unpaired) electrons. The van der Waals surface area contributed by atoms with E-state index in [1.54, 1.807) is 0 Å². The van der Waals surface area contributed by atoms with E-state index in [0.717, 1.165) is 4.48 Å². The first-order chi connectivity index (χ1) is 16.3. The predicted octanol–water partition coefficient (Wildman–Crippen LogP) is 7.61. The number of halogens is 1. The van der Waals surface area contributed by atoms with Crippen molar-refractivity contribution < 1.29 is 12.4 Å². The first kappa shape index (κ1) is 30.7. The third kappa shape index (κ3) is 11.4. The van der Waals surface area contributed by atoms with Crippen LogP contribution in [0.5, 0.6) is 0 Å². The summed E-state index contributed by atoms with van der Waals surface area (Å²) in [4.78, 5) is 0. The maximum Gasteiger partial charge on any atom is 0.137 e. The van der Waals surface area contributed by atoms with Crippen molar-refractivity contribution in [3.63, 3.8) is 0 Å². The third-order valence-corrected chi connectivity index (χ3v) is 7.29. The van der Waals surface area contributed by atoms with Crippen LogP contribution in [0.2, 0.25) is 0 Å². The lowest BCUT2D eigenvalue weighted by atomic mass is 10.0. The summed E-state index contributed by atoms with van der Waals surface area (Å²) >= 11 is 0. The normalized spacial score (nSPS) is 11.4. The second-order valence-corrected chi connectivity index (χ2v) is 10.0. The highest BCUT2D eigenvalue weighted by atomic mass is 35.5. The Kier molecular flexibility index (Phi) is 18.0. The molecule has 0 saturated carbocycles. The molecule has 0 heterocycles. The van der Waals surface area contributed by atoms with Gasteiger partial charge in [0.15, 0.2) is 0 Å². The molecule has 0 aromatic heterocycles. The minimum absolute atomic E-state index is 0. The van der Waals surface area contributed by atoms with Gasteiger partial charge in [0.05, 0.1) is 13.1 Å². The summed E-state index contributed by atoms with van der Waals surface area (Å²) in [6.45, 7) is 7.05. The summed E-state index contributed by atoms with van der Waals surface area (Å²) < 4.78 is 1.02. The highest BCUT2D eigenvalue weighted by Gasteiger charge is 2.32. The molecule has 0 amide bonds. The average molecular weight is 486 g/mol. The number of hydrogen-bond donors (Lipinski definition) is 0. The van der Waals surface area contributed by atoms with E-state index in [1.165, 1.54) is 127 Å². The van der Waals surface area contributed by atoms with Crippen molar-refractivity contribution >= 4 is 11.4 Å². The summed E-state index contributed by atoms with van der Waals surface area (Å²) in [5.74, 6) is 0. The second-order valence-electron chi connectivity index (χ2n) is 10.0. The molecule has 2 aromatic carbocycles. The van der Waals surface area contributed by atoms with Gasteiger partial charge >= 0.3 is 0 Å². The summed E-state index contributed by atoms with van der Waals surface area (Å²) in [5, 5.41) is 0. The van der Waals surface area contributed by atoms with E-state index in [1.807, 2.05) is 0 Å². The van der Waals surface area contributed by atoms with Crippen molar-refractivity contribution in [2.75, 3.05) is 13.1 Å².